The molecule has 1 atom stereocenters. The highest BCUT2D eigenvalue weighted by Gasteiger charge is 2.43. The lowest BCUT2D eigenvalue weighted by Crippen LogP contribution is -2.48. The Bertz CT molecular complexity index is 730. The number of carboxylic acids is 1. The van der Waals surface area contributed by atoms with E-state index in [1.165, 1.54) is 18.9 Å². The van der Waals surface area contributed by atoms with E-state index in [-0.39, 0.29) is 24.2 Å². The summed E-state index contributed by atoms with van der Waals surface area (Å²) >= 11 is 5.93. The number of nitrogens with zero attached hydrogens (tertiary/aromatic N) is 1. The van der Waals surface area contributed by atoms with Crippen LogP contribution in [0, 0.1) is 5.41 Å². The van der Waals surface area contributed by atoms with Crippen LogP contribution in [-0.2, 0) is 9.59 Å². The molecule has 1 aromatic rings. The quantitative estimate of drug-likeness (QED) is 0.778. The number of hydrogen-bond acceptors (Lipinski definition) is 3. The fourth-order valence-electron chi connectivity index (χ4n) is 4.27. The van der Waals surface area contributed by atoms with Crippen LogP contribution >= 0.6 is 11.6 Å². The first-order valence-corrected chi connectivity index (χ1v) is 9.83. The zero-order valence-corrected chi connectivity index (χ0v) is 16.0. The van der Waals surface area contributed by atoms with Crippen LogP contribution in [-0.4, -0.2) is 46.9 Å². The molecule has 1 saturated heterocycles. The van der Waals surface area contributed by atoms with E-state index in [9.17, 15) is 14.4 Å². The number of nitrogens with one attached hydrogen (secondary N) is 1. The van der Waals surface area contributed by atoms with Crippen LogP contribution in [0.1, 0.15) is 55.3 Å². The lowest BCUT2D eigenvalue weighted by Gasteiger charge is -2.27. The molecular weight excluding hydrogens is 368 g/mol. The fourth-order valence-corrected chi connectivity index (χ4v) is 4.46. The third-order valence-corrected chi connectivity index (χ3v) is 5.99. The van der Waals surface area contributed by atoms with E-state index in [1.54, 1.807) is 23.1 Å². The molecule has 7 heteroatoms. The number of likely N-dealkylation sites (tertiary alicyclic amines) is 1. The summed E-state index contributed by atoms with van der Waals surface area (Å²) in [4.78, 5) is 38.4. The number of aliphatic carboxylic acids is 1. The molecule has 1 aromatic carbocycles. The van der Waals surface area contributed by atoms with Crippen LogP contribution in [0.5, 0.6) is 0 Å². The van der Waals surface area contributed by atoms with Crippen molar-refractivity contribution in [1.82, 2.24) is 10.2 Å². The highest BCUT2D eigenvalue weighted by molar-refractivity contribution is 6.31. The Hall–Kier alpha value is -2.08. The minimum absolute atomic E-state index is 0.0734. The van der Waals surface area contributed by atoms with E-state index in [1.807, 2.05) is 0 Å². The first-order chi connectivity index (χ1) is 12.9. The molecule has 1 heterocycles. The monoisotopic (exact) mass is 392 g/mol. The summed E-state index contributed by atoms with van der Waals surface area (Å²) in [6.07, 6.45) is 5.59. The smallest absolute Gasteiger partial charge is 0.303 e. The van der Waals surface area contributed by atoms with Crippen LogP contribution in [0.15, 0.2) is 24.3 Å². The highest BCUT2D eigenvalue weighted by atomic mass is 35.5. The first-order valence-electron chi connectivity index (χ1n) is 9.46. The molecule has 2 aliphatic rings. The molecule has 1 saturated carbocycles. The number of rotatable bonds is 6. The van der Waals surface area contributed by atoms with Crippen LogP contribution in [0.3, 0.4) is 0 Å². The van der Waals surface area contributed by atoms with Gasteiger partial charge in [-0.2, -0.15) is 0 Å². The fraction of sp³-hybridized carbons (Fsp3) is 0.550. The number of hydrogen-bond donors (Lipinski definition) is 2. The summed E-state index contributed by atoms with van der Waals surface area (Å²) in [5.41, 5.74) is 0.577. The maximum Gasteiger partial charge on any atom is 0.303 e. The van der Waals surface area contributed by atoms with Gasteiger partial charge in [-0.05, 0) is 49.3 Å². The van der Waals surface area contributed by atoms with Gasteiger partial charge < -0.3 is 15.3 Å². The van der Waals surface area contributed by atoms with E-state index in [0.717, 1.165) is 19.3 Å². The predicted octanol–water partition coefficient (Wildman–Crippen LogP) is 3.10. The van der Waals surface area contributed by atoms with Gasteiger partial charge in [0.2, 0.25) is 5.91 Å². The zero-order chi connectivity index (χ0) is 19.4. The summed E-state index contributed by atoms with van der Waals surface area (Å²) in [6.45, 7) is 1.39. The Balaban J connectivity index is 1.69. The molecule has 0 unspecified atom stereocenters. The van der Waals surface area contributed by atoms with Gasteiger partial charge in [0.1, 0.15) is 6.04 Å². The number of carbonyl (C=O) groups is 3. The Labute approximate surface area is 163 Å². The lowest BCUT2D eigenvalue weighted by molar-refractivity contribution is -0.137. The molecule has 146 valence electrons. The van der Waals surface area contributed by atoms with Crippen molar-refractivity contribution in [3.8, 4) is 0 Å². The Morgan fingerprint density at radius 1 is 1.22 bits per heavy atom. The summed E-state index contributed by atoms with van der Waals surface area (Å²) in [5.74, 6) is -1.59. The second kappa shape index (κ2) is 8.30. The lowest BCUT2D eigenvalue weighted by atomic mass is 9.86. The molecule has 1 aliphatic heterocycles. The van der Waals surface area contributed by atoms with Gasteiger partial charge in [0.15, 0.2) is 0 Å². The van der Waals surface area contributed by atoms with E-state index >= 15 is 0 Å². The molecule has 27 heavy (non-hydrogen) atoms. The third-order valence-electron chi connectivity index (χ3n) is 5.75. The van der Waals surface area contributed by atoms with Crippen molar-refractivity contribution in [3.05, 3.63) is 34.9 Å². The summed E-state index contributed by atoms with van der Waals surface area (Å²) in [6, 6.07) is 5.62. The van der Waals surface area contributed by atoms with Crippen molar-refractivity contribution in [2.24, 2.45) is 5.41 Å². The largest absolute Gasteiger partial charge is 0.481 e. The number of carbonyl (C=O) groups excluding carboxylic acids is 2. The van der Waals surface area contributed by atoms with Crippen LogP contribution in [0.2, 0.25) is 5.02 Å². The summed E-state index contributed by atoms with van der Waals surface area (Å²) in [5, 5.41) is 12.2. The van der Waals surface area contributed by atoms with E-state index in [0.29, 0.717) is 23.7 Å². The third kappa shape index (κ3) is 4.80. The molecule has 0 radical (unpaired) electrons. The molecule has 2 N–H and O–H groups in total. The van der Waals surface area contributed by atoms with Crippen molar-refractivity contribution in [3.63, 3.8) is 0 Å². The second-order valence-electron chi connectivity index (χ2n) is 7.69. The Morgan fingerprint density at radius 2 is 1.96 bits per heavy atom. The molecule has 3 rings (SSSR count). The molecule has 6 nitrogen and oxygen atoms in total. The highest BCUT2D eigenvalue weighted by Crippen LogP contribution is 2.45. The first kappa shape index (κ1) is 19.7. The Kier molecular flexibility index (Phi) is 6.05. The van der Waals surface area contributed by atoms with Crippen LogP contribution in [0.4, 0.5) is 0 Å². The van der Waals surface area contributed by atoms with Crippen molar-refractivity contribution in [2.75, 3.05) is 13.1 Å². The van der Waals surface area contributed by atoms with Crippen molar-refractivity contribution < 1.29 is 19.5 Å². The van der Waals surface area contributed by atoms with Gasteiger partial charge in [-0.3, -0.25) is 14.4 Å². The number of amides is 2. The zero-order valence-electron chi connectivity index (χ0n) is 15.2. The summed E-state index contributed by atoms with van der Waals surface area (Å²) < 4.78 is 0. The molecule has 2 fully saturated rings. The molecular formula is C20H25ClN2O4. The average molecular weight is 393 g/mol. The summed E-state index contributed by atoms with van der Waals surface area (Å²) in [7, 11) is 0. The molecule has 1 spiro atoms. The SMILES string of the molecule is O=C(O)CC[C@@H](NC(=O)c1cccc(Cl)c1)C(=O)N1CCC2(CCCC2)C1. The van der Waals surface area contributed by atoms with Gasteiger partial charge >= 0.3 is 5.97 Å². The van der Waals surface area contributed by atoms with Gasteiger partial charge in [0, 0.05) is 30.1 Å². The molecule has 0 bridgehead atoms. The topological polar surface area (TPSA) is 86.7 Å². The Morgan fingerprint density at radius 3 is 2.63 bits per heavy atom. The van der Waals surface area contributed by atoms with E-state index in [2.05, 4.69) is 5.32 Å². The average Bonchev–Trinajstić information content (AvgIpc) is 3.28. The maximum absolute atomic E-state index is 13.0. The van der Waals surface area contributed by atoms with Gasteiger partial charge in [-0.1, -0.05) is 30.5 Å². The number of benzene rings is 1. The normalized spacial score (nSPS) is 19.2. The second-order valence-corrected chi connectivity index (χ2v) is 8.12. The number of carboxylic acid groups (broad SMARTS) is 1. The maximum atomic E-state index is 13.0. The molecule has 0 aromatic heterocycles. The van der Waals surface area contributed by atoms with Gasteiger partial charge in [-0.15, -0.1) is 0 Å². The minimum atomic E-state index is -0.988. The minimum Gasteiger partial charge on any atom is -0.481 e. The van der Waals surface area contributed by atoms with Gasteiger partial charge in [0.05, 0.1) is 0 Å². The van der Waals surface area contributed by atoms with Gasteiger partial charge in [-0.25, -0.2) is 0 Å². The molecule has 2 amide bonds. The van der Waals surface area contributed by atoms with Gasteiger partial charge in [0.25, 0.3) is 5.91 Å². The van der Waals surface area contributed by atoms with Crippen molar-refractivity contribution in [1.29, 1.82) is 0 Å². The van der Waals surface area contributed by atoms with E-state index in [4.69, 9.17) is 16.7 Å². The predicted molar refractivity (Wildman–Crippen MR) is 102 cm³/mol. The van der Waals surface area contributed by atoms with Crippen molar-refractivity contribution >= 4 is 29.4 Å². The number of halogens is 1. The molecule has 1 aliphatic carbocycles. The van der Waals surface area contributed by atoms with Crippen LogP contribution in [0.25, 0.3) is 0 Å². The van der Waals surface area contributed by atoms with Crippen molar-refractivity contribution in [2.45, 2.75) is 51.0 Å². The van der Waals surface area contributed by atoms with Crippen LogP contribution < -0.4 is 5.32 Å². The van der Waals surface area contributed by atoms with E-state index < -0.39 is 17.9 Å². The standard InChI is InChI=1S/C20H25ClN2O4/c21-15-5-3-4-14(12-15)18(26)22-16(6-7-17(24)25)19(27)23-11-10-20(13-23)8-1-2-9-20/h3-5,12,16H,1-2,6-11,13H2,(H,22,26)(H,24,25)/t16-/m1/s1.